The van der Waals surface area contributed by atoms with Crippen molar-refractivity contribution in [3.8, 4) is 16.9 Å². The summed E-state index contributed by atoms with van der Waals surface area (Å²) in [5.74, 6) is 0.279. The lowest BCUT2D eigenvalue weighted by molar-refractivity contribution is 0.475. The largest absolute Gasteiger partial charge is 0.508 e. The molecule has 0 amide bonds. The van der Waals surface area contributed by atoms with Gasteiger partial charge in [0, 0.05) is 16.8 Å². The van der Waals surface area contributed by atoms with Gasteiger partial charge in [-0.05, 0) is 82.9 Å². The van der Waals surface area contributed by atoms with Crippen LogP contribution < -0.4 is 4.90 Å². The topological polar surface area (TPSA) is 23.5 Å². The molecule has 6 rings (SSSR count). The lowest BCUT2D eigenvalue weighted by Gasteiger charge is -2.33. The summed E-state index contributed by atoms with van der Waals surface area (Å²) >= 11 is 0. The smallest absolute Gasteiger partial charge is 0.115 e. The van der Waals surface area contributed by atoms with Crippen LogP contribution in [0, 0.1) is 6.92 Å². The highest BCUT2D eigenvalue weighted by Gasteiger charge is 2.22. The van der Waals surface area contributed by atoms with Crippen LogP contribution in [0.1, 0.15) is 18.4 Å². The first-order valence-electron chi connectivity index (χ1n) is 12.6. The minimum absolute atomic E-state index is 0.183. The Morgan fingerprint density at radius 2 is 1.28 bits per heavy atom. The van der Waals surface area contributed by atoms with Gasteiger partial charge in [0.1, 0.15) is 5.75 Å². The number of allylic oxidation sites excluding steroid dienone is 2. The SMILES string of the molecule is Cc1ccc(-c2ccc(N(c3ccc(O)cc3)C3C=CCC=CC3)c3ccccc23)c2ccccc12. The molecule has 0 saturated carbocycles. The molecule has 0 bridgehead atoms. The number of benzene rings is 5. The Kier molecular flexibility index (Phi) is 5.79. The van der Waals surface area contributed by atoms with E-state index in [1.54, 1.807) is 12.1 Å². The van der Waals surface area contributed by atoms with Crippen molar-refractivity contribution < 1.29 is 5.11 Å². The van der Waals surface area contributed by atoms with Gasteiger partial charge in [-0.3, -0.25) is 0 Å². The van der Waals surface area contributed by atoms with Crippen LogP contribution in [0.15, 0.2) is 121 Å². The monoisotopic (exact) mass is 467 g/mol. The molecule has 1 aliphatic rings. The van der Waals surface area contributed by atoms with Crippen LogP contribution >= 0.6 is 0 Å². The van der Waals surface area contributed by atoms with Crippen molar-refractivity contribution in [3.63, 3.8) is 0 Å². The Balaban J connectivity index is 1.59. The molecular weight excluding hydrogens is 438 g/mol. The van der Waals surface area contributed by atoms with Gasteiger partial charge in [0.25, 0.3) is 0 Å². The first-order chi connectivity index (χ1) is 17.7. The molecule has 5 aromatic rings. The summed E-state index contributed by atoms with van der Waals surface area (Å²) in [6, 6.07) is 34.2. The molecule has 1 aliphatic carbocycles. The molecule has 36 heavy (non-hydrogen) atoms. The average molecular weight is 468 g/mol. The molecule has 0 aromatic heterocycles. The highest BCUT2D eigenvalue weighted by molar-refractivity contribution is 6.10. The highest BCUT2D eigenvalue weighted by atomic mass is 16.3. The third-order valence-electron chi connectivity index (χ3n) is 7.23. The van der Waals surface area contributed by atoms with E-state index in [4.69, 9.17) is 0 Å². The number of phenols is 1. The van der Waals surface area contributed by atoms with Crippen LogP contribution in [-0.2, 0) is 0 Å². The Morgan fingerprint density at radius 1 is 0.639 bits per heavy atom. The van der Waals surface area contributed by atoms with E-state index in [0.717, 1.165) is 18.5 Å². The molecular formula is C34H29NO. The predicted molar refractivity (Wildman–Crippen MR) is 153 cm³/mol. The van der Waals surface area contributed by atoms with E-state index in [0.29, 0.717) is 0 Å². The molecule has 1 unspecified atom stereocenters. The number of hydrogen-bond acceptors (Lipinski definition) is 2. The Morgan fingerprint density at radius 3 is 2.03 bits per heavy atom. The van der Waals surface area contributed by atoms with Gasteiger partial charge in [0.05, 0.1) is 6.04 Å². The number of anilines is 2. The molecule has 176 valence electrons. The molecule has 0 radical (unpaired) electrons. The Bertz CT molecular complexity index is 1610. The third kappa shape index (κ3) is 3.95. The maximum Gasteiger partial charge on any atom is 0.115 e. The van der Waals surface area contributed by atoms with Crippen molar-refractivity contribution in [2.45, 2.75) is 25.8 Å². The average Bonchev–Trinajstić information content (AvgIpc) is 3.20. The van der Waals surface area contributed by atoms with Gasteiger partial charge < -0.3 is 10.0 Å². The second kappa shape index (κ2) is 9.39. The fraction of sp³-hybridized carbons (Fsp3) is 0.118. The van der Waals surface area contributed by atoms with Crippen LogP contribution in [0.25, 0.3) is 32.7 Å². The van der Waals surface area contributed by atoms with Crippen molar-refractivity contribution in [1.82, 2.24) is 0 Å². The summed E-state index contributed by atoms with van der Waals surface area (Å²) in [7, 11) is 0. The van der Waals surface area contributed by atoms with E-state index in [2.05, 4.69) is 109 Å². The second-order valence-corrected chi connectivity index (χ2v) is 9.48. The molecule has 0 saturated heterocycles. The minimum atomic E-state index is 0.183. The van der Waals surface area contributed by atoms with E-state index < -0.39 is 0 Å². The van der Waals surface area contributed by atoms with Crippen LogP contribution in [0.2, 0.25) is 0 Å². The summed E-state index contributed by atoms with van der Waals surface area (Å²) in [6.07, 6.45) is 10.9. The fourth-order valence-corrected chi connectivity index (χ4v) is 5.45. The number of aryl methyl sites for hydroxylation is 1. The van der Waals surface area contributed by atoms with Crippen molar-refractivity contribution in [2.24, 2.45) is 0 Å². The molecule has 1 atom stereocenters. The number of nitrogens with zero attached hydrogens (tertiary/aromatic N) is 1. The molecule has 2 nitrogen and oxygen atoms in total. The summed E-state index contributed by atoms with van der Waals surface area (Å²) < 4.78 is 0. The van der Waals surface area contributed by atoms with E-state index in [1.807, 2.05) is 12.1 Å². The molecule has 0 fully saturated rings. The van der Waals surface area contributed by atoms with E-state index >= 15 is 0 Å². The summed E-state index contributed by atoms with van der Waals surface area (Å²) in [5.41, 5.74) is 6.03. The lowest BCUT2D eigenvalue weighted by Crippen LogP contribution is -2.29. The van der Waals surface area contributed by atoms with Gasteiger partial charge in [-0.25, -0.2) is 0 Å². The van der Waals surface area contributed by atoms with E-state index in [1.165, 1.54) is 43.9 Å². The molecule has 1 N–H and O–H groups in total. The first-order valence-corrected chi connectivity index (χ1v) is 12.6. The van der Waals surface area contributed by atoms with Gasteiger partial charge in [-0.2, -0.15) is 0 Å². The van der Waals surface area contributed by atoms with Gasteiger partial charge in [0.15, 0.2) is 0 Å². The van der Waals surface area contributed by atoms with Gasteiger partial charge in [-0.1, -0.05) is 91.0 Å². The number of hydrogen-bond donors (Lipinski definition) is 1. The number of phenolic OH excluding ortho intramolecular Hbond substituents is 1. The zero-order chi connectivity index (χ0) is 24.5. The highest BCUT2D eigenvalue weighted by Crippen LogP contribution is 2.42. The zero-order valence-corrected chi connectivity index (χ0v) is 20.4. The Labute approximate surface area is 212 Å². The van der Waals surface area contributed by atoms with Crippen LogP contribution in [0.5, 0.6) is 5.75 Å². The quantitative estimate of drug-likeness (QED) is 0.266. The van der Waals surface area contributed by atoms with Gasteiger partial charge in [-0.15, -0.1) is 0 Å². The van der Waals surface area contributed by atoms with Crippen molar-refractivity contribution >= 4 is 32.9 Å². The molecule has 2 heteroatoms. The normalized spacial score (nSPS) is 15.3. The van der Waals surface area contributed by atoms with Crippen molar-refractivity contribution in [2.75, 3.05) is 4.90 Å². The summed E-state index contributed by atoms with van der Waals surface area (Å²) in [6.45, 7) is 2.18. The van der Waals surface area contributed by atoms with Gasteiger partial charge >= 0.3 is 0 Å². The maximum atomic E-state index is 9.96. The van der Waals surface area contributed by atoms with Crippen LogP contribution in [0.4, 0.5) is 11.4 Å². The Hall–Kier alpha value is -4.30. The van der Waals surface area contributed by atoms with Crippen molar-refractivity contribution in [3.05, 3.63) is 127 Å². The van der Waals surface area contributed by atoms with E-state index in [9.17, 15) is 5.11 Å². The third-order valence-corrected chi connectivity index (χ3v) is 7.23. The minimum Gasteiger partial charge on any atom is -0.508 e. The van der Waals surface area contributed by atoms with Crippen LogP contribution in [0.3, 0.4) is 0 Å². The van der Waals surface area contributed by atoms with Gasteiger partial charge in [0.2, 0.25) is 0 Å². The molecule has 0 aliphatic heterocycles. The number of rotatable bonds is 4. The van der Waals surface area contributed by atoms with Crippen molar-refractivity contribution in [1.29, 1.82) is 0 Å². The predicted octanol–water partition coefficient (Wildman–Crippen LogP) is 9.09. The summed E-state index contributed by atoms with van der Waals surface area (Å²) in [4.78, 5) is 2.41. The molecule has 0 spiro atoms. The molecule has 5 aromatic carbocycles. The standard InChI is InChI=1S/C34H29NO/c1-24-16-21-31(29-13-7-6-12-28(24)29)32-22-23-34(33-15-9-8-14-30(32)33)35(25-10-4-2-3-5-11-25)26-17-19-27(36)20-18-26/h2,4-9,11-23,25,36H,3,10H2,1H3. The number of aromatic hydroxyl groups is 1. The fourth-order valence-electron chi connectivity index (χ4n) is 5.45. The lowest BCUT2D eigenvalue weighted by atomic mass is 9.91. The zero-order valence-electron chi connectivity index (χ0n) is 20.4. The maximum absolute atomic E-state index is 9.96. The molecule has 0 heterocycles. The van der Waals surface area contributed by atoms with Crippen LogP contribution in [-0.4, -0.2) is 11.1 Å². The summed E-state index contributed by atoms with van der Waals surface area (Å²) in [5, 5.41) is 15.0. The second-order valence-electron chi connectivity index (χ2n) is 9.48. The number of fused-ring (bicyclic) bond motifs is 2. The first kappa shape index (κ1) is 22.2. The van der Waals surface area contributed by atoms with E-state index in [-0.39, 0.29) is 11.8 Å².